The number of aromatic nitrogens is 1. The average Bonchev–Trinajstić information content (AvgIpc) is 2.90. The van der Waals surface area contributed by atoms with Crippen molar-refractivity contribution in [1.82, 2.24) is 4.98 Å². The van der Waals surface area contributed by atoms with Crippen LogP contribution < -0.4 is 0 Å². The van der Waals surface area contributed by atoms with Crippen molar-refractivity contribution in [3.63, 3.8) is 0 Å². The van der Waals surface area contributed by atoms with Crippen LogP contribution in [0.15, 0.2) is 42.6 Å². The third-order valence-corrected chi connectivity index (χ3v) is 7.98. The van der Waals surface area contributed by atoms with Crippen molar-refractivity contribution < 1.29 is 4.39 Å². The number of pyridine rings is 1. The zero-order valence-corrected chi connectivity index (χ0v) is 22.1. The number of alkyl halides is 1. The molecule has 3 rings (SSSR count). The lowest BCUT2D eigenvalue weighted by Crippen LogP contribution is -2.28. The number of hydrogen-bond donors (Lipinski definition) is 0. The first-order chi connectivity index (χ1) is 17.1. The minimum absolute atomic E-state index is 0.412. The summed E-state index contributed by atoms with van der Waals surface area (Å²) in [5, 5.41) is 9.82. The standard InChI is InChI=1S/C32H45FN2/c1-3-5-7-8-9-10-11-26-13-18-31(35-24-26)29-16-14-27(15-17-29)28-19-21-32(25-34,22-20-28)23-30(33)12-6-4-2/h13-18,24,28,30H,3-12,19-23H2,1-2H3/t28?,30-,32?/m0/s1. The normalized spacial score (nSPS) is 20.9. The fourth-order valence-electron chi connectivity index (χ4n) is 5.60. The molecule has 1 aromatic carbocycles. The second-order valence-electron chi connectivity index (χ2n) is 10.8. The predicted molar refractivity (Wildman–Crippen MR) is 145 cm³/mol. The van der Waals surface area contributed by atoms with Crippen molar-refractivity contribution in [2.45, 2.75) is 122 Å². The molecule has 1 saturated carbocycles. The van der Waals surface area contributed by atoms with Crippen molar-refractivity contribution in [3.8, 4) is 17.3 Å². The third-order valence-electron chi connectivity index (χ3n) is 7.98. The smallest absolute Gasteiger partial charge is 0.102 e. The van der Waals surface area contributed by atoms with Crippen LogP contribution in [0.2, 0.25) is 0 Å². The highest BCUT2D eigenvalue weighted by Crippen LogP contribution is 2.46. The molecule has 1 fully saturated rings. The van der Waals surface area contributed by atoms with Gasteiger partial charge in [0.2, 0.25) is 0 Å². The van der Waals surface area contributed by atoms with Gasteiger partial charge >= 0.3 is 0 Å². The van der Waals surface area contributed by atoms with Crippen LogP contribution in [0.3, 0.4) is 0 Å². The Morgan fingerprint density at radius 2 is 1.63 bits per heavy atom. The summed E-state index contributed by atoms with van der Waals surface area (Å²) in [5.41, 5.74) is 4.37. The summed E-state index contributed by atoms with van der Waals surface area (Å²) in [7, 11) is 0. The van der Waals surface area contributed by atoms with Crippen LogP contribution in [0.25, 0.3) is 11.3 Å². The number of rotatable bonds is 14. The summed E-state index contributed by atoms with van der Waals surface area (Å²) in [6.45, 7) is 4.35. The largest absolute Gasteiger partial charge is 0.256 e. The molecule has 1 atom stereocenters. The van der Waals surface area contributed by atoms with Gasteiger partial charge in [-0.15, -0.1) is 0 Å². The van der Waals surface area contributed by atoms with Crippen molar-refractivity contribution in [1.29, 1.82) is 5.26 Å². The maximum Gasteiger partial charge on any atom is 0.102 e. The molecule has 1 aliphatic rings. The first kappa shape index (κ1) is 27.4. The molecule has 190 valence electrons. The highest BCUT2D eigenvalue weighted by Gasteiger charge is 2.37. The molecular weight excluding hydrogens is 431 g/mol. The van der Waals surface area contributed by atoms with Crippen LogP contribution in [0.4, 0.5) is 4.39 Å². The second-order valence-corrected chi connectivity index (χ2v) is 10.8. The molecule has 0 spiro atoms. The Balaban J connectivity index is 1.49. The van der Waals surface area contributed by atoms with E-state index >= 15 is 0 Å². The number of hydrogen-bond acceptors (Lipinski definition) is 2. The molecule has 1 aromatic heterocycles. The lowest BCUT2D eigenvalue weighted by molar-refractivity contribution is 0.158. The molecule has 0 saturated heterocycles. The van der Waals surface area contributed by atoms with E-state index in [4.69, 9.17) is 4.98 Å². The molecule has 0 amide bonds. The van der Waals surface area contributed by atoms with Gasteiger partial charge in [-0.1, -0.05) is 89.1 Å². The van der Waals surface area contributed by atoms with E-state index < -0.39 is 11.6 Å². The molecule has 0 aliphatic heterocycles. The van der Waals surface area contributed by atoms with Gasteiger partial charge in [0.1, 0.15) is 6.17 Å². The van der Waals surface area contributed by atoms with E-state index in [1.165, 1.54) is 49.7 Å². The van der Waals surface area contributed by atoms with E-state index in [0.717, 1.165) is 56.2 Å². The molecule has 35 heavy (non-hydrogen) atoms. The summed E-state index contributed by atoms with van der Waals surface area (Å²) in [6, 6.07) is 15.7. The van der Waals surface area contributed by atoms with Gasteiger partial charge in [-0.2, -0.15) is 5.26 Å². The van der Waals surface area contributed by atoms with E-state index in [9.17, 15) is 9.65 Å². The van der Waals surface area contributed by atoms with Crippen LogP contribution in [0.1, 0.15) is 121 Å². The summed E-state index contributed by atoms with van der Waals surface area (Å²) >= 11 is 0. The Morgan fingerprint density at radius 3 is 2.26 bits per heavy atom. The van der Waals surface area contributed by atoms with Crippen molar-refractivity contribution in [2.24, 2.45) is 5.41 Å². The van der Waals surface area contributed by atoms with Crippen LogP contribution >= 0.6 is 0 Å². The van der Waals surface area contributed by atoms with Gasteiger partial charge < -0.3 is 0 Å². The van der Waals surface area contributed by atoms with E-state index in [0.29, 0.717) is 18.8 Å². The molecule has 0 bridgehead atoms. The Morgan fingerprint density at radius 1 is 0.943 bits per heavy atom. The average molecular weight is 477 g/mol. The van der Waals surface area contributed by atoms with Gasteiger partial charge in [0, 0.05) is 11.8 Å². The summed E-state index contributed by atoms with van der Waals surface area (Å²) in [5.74, 6) is 0.465. The third kappa shape index (κ3) is 8.45. The van der Waals surface area contributed by atoms with Crippen LogP contribution in [-0.2, 0) is 6.42 Å². The minimum atomic E-state index is -0.838. The first-order valence-electron chi connectivity index (χ1n) is 14.2. The predicted octanol–water partition coefficient (Wildman–Crippen LogP) is 9.74. The quantitative estimate of drug-likeness (QED) is 0.254. The first-order valence-corrected chi connectivity index (χ1v) is 14.2. The summed E-state index contributed by atoms with van der Waals surface area (Å²) in [4.78, 5) is 4.73. The monoisotopic (exact) mass is 476 g/mol. The minimum Gasteiger partial charge on any atom is -0.256 e. The molecule has 1 aliphatic carbocycles. The number of aryl methyl sites for hydroxylation is 1. The molecule has 3 heteroatoms. The van der Waals surface area contributed by atoms with Gasteiger partial charge in [-0.3, -0.25) is 4.98 Å². The van der Waals surface area contributed by atoms with Crippen molar-refractivity contribution in [3.05, 3.63) is 53.7 Å². The van der Waals surface area contributed by atoms with E-state index in [-0.39, 0.29) is 0 Å². The second kappa shape index (κ2) is 14.4. The van der Waals surface area contributed by atoms with Crippen LogP contribution in [-0.4, -0.2) is 11.2 Å². The Kier molecular flexibility index (Phi) is 11.2. The van der Waals surface area contributed by atoms with E-state index in [1.54, 1.807) is 0 Å². The molecule has 0 unspecified atom stereocenters. The zero-order valence-electron chi connectivity index (χ0n) is 22.1. The Labute approximate surface area is 213 Å². The molecule has 2 nitrogen and oxygen atoms in total. The highest BCUT2D eigenvalue weighted by atomic mass is 19.1. The number of benzene rings is 1. The number of nitrogens with zero attached hydrogens (tertiary/aromatic N) is 2. The molecule has 2 aromatic rings. The van der Waals surface area contributed by atoms with Crippen LogP contribution in [0, 0.1) is 16.7 Å². The summed E-state index contributed by atoms with van der Waals surface area (Å²) in [6.07, 6.45) is 16.7. The fraction of sp³-hybridized carbons (Fsp3) is 0.625. The van der Waals surface area contributed by atoms with Gasteiger partial charge in [-0.05, 0) is 74.5 Å². The zero-order chi connectivity index (χ0) is 24.9. The van der Waals surface area contributed by atoms with Crippen molar-refractivity contribution in [2.75, 3.05) is 0 Å². The lowest BCUT2D eigenvalue weighted by Gasteiger charge is -2.36. The van der Waals surface area contributed by atoms with Gasteiger partial charge in [0.05, 0.1) is 17.2 Å². The number of unbranched alkanes of at least 4 members (excludes halogenated alkanes) is 6. The number of halogens is 1. The van der Waals surface area contributed by atoms with Gasteiger partial charge in [0.25, 0.3) is 0 Å². The Bertz CT molecular complexity index is 889. The maximum absolute atomic E-state index is 14.4. The Hall–Kier alpha value is -2.21. The maximum atomic E-state index is 14.4. The SMILES string of the molecule is CCCCCCCCc1ccc(-c2ccc(C3CCC(C#N)(C[C@@H](F)CCCC)CC3)cc2)nc1. The van der Waals surface area contributed by atoms with Gasteiger partial charge in [0.15, 0.2) is 0 Å². The van der Waals surface area contributed by atoms with E-state index in [2.05, 4.69) is 56.3 Å². The lowest BCUT2D eigenvalue weighted by atomic mass is 9.67. The van der Waals surface area contributed by atoms with E-state index in [1.807, 2.05) is 6.20 Å². The topological polar surface area (TPSA) is 36.7 Å². The molecular formula is C32H45FN2. The van der Waals surface area contributed by atoms with Crippen LogP contribution in [0.5, 0.6) is 0 Å². The summed E-state index contributed by atoms with van der Waals surface area (Å²) < 4.78 is 14.4. The molecule has 0 radical (unpaired) electrons. The molecule has 0 N–H and O–H groups in total. The van der Waals surface area contributed by atoms with Crippen molar-refractivity contribution >= 4 is 0 Å². The number of nitriles is 1. The van der Waals surface area contributed by atoms with Gasteiger partial charge in [-0.25, -0.2) is 4.39 Å². The fourth-order valence-corrected chi connectivity index (χ4v) is 5.60. The highest BCUT2D eigenvalue weighted by molar-refractivity contribution is 5.59. The molecule has 1 heterocycles.